The second-order valence-corrected chi connectivity index (χ2v) is 6.21. The maximum atomic E-state index is 11.6. The van der Waals surface area contributed by atoms with E-state index in [2.05, 4.69) is 5.32 Å². The summed E-state index contributed by atoms with van der Waals surface area (Å²) in [5.41, 5.74) is 1.63. The molecule has 0 fully saturated rings. The first-order chi connectivity index (χ1) is 10.6. The van der Waals surface area contributed by atoms with E-state index in [1.54, 1.807) is 32.9 Å². The minimum Gasteiger partial charge on any atom is -0.491 e. The molecule has 1 N–H and O–H groups in total. The highest BCUT2D eigenvalue weighted by molar-refractivity contribution is 5.90. The van der Waals surface area contributed by atoms with Crippen molar-refractivity contribution in [3.8, 4) is 5.75 Å². The van der Waals surface area contributed by atoms with Crippen molar-refractivity contribution < 1.29 is 23.8 Å². The molecular formula is C17H25NO5. The predicted octanol–water partition coefficient (Wildman–Crippen LogP) is 2.99. The lowest BCUT2D eigenvalue weighted by Crippen LogP contribution is -2.34. The number of ether oxygens (including phenoxy) is 3. The first kappa shape index (κ1) is 18.8. The summed E-state index contributed by atoms with van der Waals surface area (Å²) in [4.78, 5) is 23.1. The van der Waals surface area contributed by atoms with E-state index in [1.807, 2.05) is 13.8 Å². The number of carbonyl (C=O) groups excluding carboxylic acids is 2. The van der Waals surface area contributed by atoms with Gasteiger partial charge in [-0.15, -0.1) is 0 Å². The maximum Gasteiger partial charge on any atom is 0.407 e. The Balaban J connectivity index is 2.56. The summed E-state index contributed by atoms with van der Waals surface area (Å²) in [5.74, 6) is 0.318. The van der Waals surface area contributed by atoms with Gasteiger partial charge in [-0.3, -0.25) is 0 Å². The zero-order valence-electron chi connectivity index (χ0n) is 14.6. The van der Waals surface area contributed by atoms with Crippen molar-refractivity contribution >= 4 is 12.1 Å². The van der Waals surface area contributed by atoms with E-state index in [4.69, 9.17) is 14.2 Å². The van der Waals surface area contributed by atoms with Crippen LogP contribution in [0.1, 0.15) is 42.3 Å². The molecule has 23 heavy (non-hydrogen) atoms. The van der Waals surface area contributed by atoms with Gasteiger partial charge in [-0.05, 0) is 57.9 Å². The number of benzene rings is 1. The number of amides is 1. The molecule has 6 nitrogen and oxygen atoms in total. The first-order valence-electron chi connectivity index (χ1n) is 7.43. The number of aryl methyl sites for hydroxylation is 2. The van der Waals surface area contributed by atoms with Crippen LogP contribution in [-0.4, -0.2) is 37.9 Å². The van der Waals surface area contributed by atoms with Crippen LogP contribution in [0.4, 0.5) is 4.79 Å². The standard InChI is InChI=1S/C17H25NO5/c1-11-9-13(15(19)21-6)10-12(2)14(11)22-8-7-18-16(20)23-17(3,4)5/h9-10H,7-8H2,1-6H3,(H,18,20). The van der Waals surface area contributed by atoms with Crippen LogP contribution in [0, 0.1) is 13.8 Å². The largest absolute Gasteiger partial charge is 0.491 e. The average molecular weight is 323 g/mol. The molecule has 1 amide bonds. The van der Waals surface area contributed by atoms with Crippen LogP contribution < -0.4 is 10.1 Å². The van der Waals surface area contributed by atoms with Gasteiger partial charge in [0.05, 0.1) is 19.2 Å². The maximum absolute atomic E-state index is 11.6. The van der Waals surface area contributed by atoms with Gasteiger partial charge in [-0.2, -0.15) is 0 Å². The van der Waals surface area contributed by atoms with Crippen LogP contribution in [0.25, 0.3) is 0 Å². The highest BCUT2D eigenvalue weighted by Crippen LogP contribution is 2.25. The second kappa shape index (κ2) is 7.85. The van der Waals surface area contributed by atoms with E-state index in [-0.39, 0.29) is 5.97 Å². The molecule has 0 heterocycles. The van der Waals surface area contributed by atoms with Crippen molar-refractivity contribution in [1.29, 1.82) is 0 Å². The highest BCUT2D eigenvalue weighted by atomic mass is 16.6. The molecule has 1 aromatic carbocycles. The number of hydrogen-bond acceptors (Lipinski definition) is 5. The molecule has 0 spiro atoms. The SMILES string of the molecule is COC(=O)c1cc(C)c(OCCNC(=O)OC(C)(C)C)c(C)c1. The molecule has 0 aliphatic carbocycles. The third kappa shape index (κ3) is 6.18. The molecule has 6 heteroatoms. The fraction of sp³-hybridized carbons (Fsp3) is 0.529. The van der Waals surface area contributed by atoms with Crippen molar-refractivity contribution in [2.24, 2.45) is 0 Å². The average Bonchev–Trinajstić information content (AvgIpc) is 2.42. The minimum absolute atomic E-state index is 0.304. The molecule has 0 saturated heterocycles. The van der Waals surface area contributed by atoms with Crippen LogP contribution in [0.2, 0.25) is 0 Å². The molecule has 128 valence electrons. The lowest BCUT2D eigenvalue weighted by Gasteiger charge is -2.20. The van der Waals surface area contributed by atoms with Gasteiger partial charge in [0.1, 0.15) is 18.0 Å². The minimum atomic E-state index is -0.526. The van der Waals surface area contributed by atoms with E-state index in [0.29, 0.717) is 24.5 Å². The van der Waals surface area contributed by atoms with Crippen molar-refractivity contribution in [2.75, 3.05) is 20.3 Å². The molecule has 0 bridgehead atoms. The molecule has 1 rings (SSSR count). The van der Waals surface area contributed by atoms with Crippen LogP contribution in [0.15, 0.2) is 12.1 Å². The molecule has 0 saturated carbocycles. The molecule has 0 aliphatic heterocycles. The lowest BCUT2D eigenvalue weighted by atomic mass is 10.1. The Bertz CT molecular complexity index is 552. The van der Waals surface area contributed by atoms with Crippen LogP contribution in [-0.2, 0) is 9.47 Å². The Labute approximate surface area is 137 Å². The Kier molecular flexibility index (Phi) is 6.42. The molecule has 0 atom stereocenters. The van der Waals surface area contributed by atoms with Gasteiger partial charge in [-0.25, -0.2) is 9.59 Å². The molecule has 0 aromatic heterocycles. The zero-order valence-corrected chi connectivity index (χ0v) is 14.6. The van der Waals surface area contributed by atoms with Gasteiger partial charge < -0.3 is 19.5 Å². The van der Waals surface area contributed by atoms with Crippen molar-refractivity contribution in [1.82, 2.24) is 5.32 Å². The third-order valence-corrected chi connectivity index (χ3v) is 2.90. The van der Waals surface area contributed by atoms with Crippen molar-refractivity contribution in [3.63, 3.8) is 0 Å². The molecule has 0 unspecified atom stereocenters. The summed E-state index contributed by atoms with van der Waals surface area (Å²) in [7, 11) is 1.35. The number of carbonyl (C=O) groups is 2. The quantitative estimate of drug-likeness (QED) is 0.666. The normalized spacial score (nSPS) is 10.9. The summed E-state index contributed by atoms with van der Waals surface area (Å²) < 4.78 is 15.5. The van der Waals surface area contributed by atoms with Gasteiger partial charge in [0.25, 0.3) is 0 Å². The second-order valence-electron chi connectivity index (χ2n) is 6.21. The van der Waals surface area contributed by atoms with Crippen molar-refractivity contribution in [3.05, 3.63) is 28.8 Å². The third-order valence-electron chi connectivity index (χ3n) is 2.90. The lowest BCUT2D eigenvalue weighted by molar-refractivity contribution is 0.0518. The summed E-state index contributed by atoms with van der Waals surface area (Å²) in [6, 6.07) is 3.44. The fourth-order valence-corrected chi connectivity index (χ4v) is 2.03. The van der Waals surface area contributed by atoms with E-state index in [1.165, 1.54) is 7.11 Å². The van der Waals surface area contributed by atoms with Gasteiger partial charge in [0.15, 0.2) is 0 Å². The number of hydrogen-bond donors (Lipinski definition) is 1. The Morgan fingerprint density at radius 3 is 2.17 bits per heavy atom. The van der Waals surface area contributed by atoms with Gasteiger partial charge >= 0.3 is 12.1 Å². The molecule has 0 aliphatic rings. The Morgan fingerprint density at radius 1 is 1.13 bits per heavy atom. The smallest absolute Gasteiger partial charge is 0.407 e. The number of methoxy groups -OCH3 is 1. The first-order valence-corrected chi connectivity index (χ1v) is 7.43. The van der Waals surface area contributed by atoms with Crippen LogP contribution in [0.5, 0.6) is 5.75 Å². The summed E-state index contributed by atoms with van der Waals surface area (Å²) in [6.07, 6.45) is -0.476. The molecule has 1 aromatic rings. The zero-order chi connectivity index (χ0) is 17.6. The number of rotatable bonds is 5. The van der Waals surface area contributed by atoms with Crippen LogP contribution in [0.3, 0.4) is 0 Å². The van der Waals surface area contributed by atoms with E-state index >= 15 is 0 Å². The monoisotopic (exact) mass is 323 g/mol. The number of esters is 1. The highest BCUT2D eigenvalue weighted by Gasteiger charge is 2.16. The van der Waals surface area contributed by atoms with Crippen LogP contribution >= 0.6 is 0 Å². The number of alkyl carbamates (subject to hydrolysis) is 1. The number of nitrogens with one attached hydrogen (secondary N) is 1. The summed E-state index contributed by atoms with van der Waals surface area (Å²) in [5, 5.41) is 2.63. The van der Waals surface area contributed by atoms with Gasteiger partial charge in [0, 0.05) is 0 Å². The van der Waals surface area contributed by atoms with Gasteiger partial charge in [-0.1, -0.05) is 0 Å². The van der Waals surface area contributed by atoms with E-state index in [9.17, 15) is 9.59 Å². The molecule has 0 radical (unpaired) electrons. The molecular weight excluding hydrogens is 298 g/mol. The fourth-order valence-electron chi connectivity index (χ4n) is 2.03. The van der Waals surface area contributed by atoms with E-state index < -0.39 is 11.7 Å². The van der Waals surface area contributed by atoms with E-state index in [0.717, 1.165) is 11.1 Å². The Morgan fingerprint density at radius 2 is 1.70 bits per heavy atom. The van der Waals surface area contributed by atoms with Gasteiger partial charge in [0.2, 0.25) is 0 Å². The topological polar surface area (TPSA) is 73.9 Å². The van der Waals surface area contributed by atoms with Crippen molar-refractivity contribution in [2.45, 2.75) is 40.2 Å². The summed E-state index contributed by atoms with van der Waals surface area (Å²) in [6.45, 7) is 9.76. The Hall–Kier alpha value is -2.24. The predicted molar refractivity (Wildman–Crippen MR) is 87.0 cm³/mol. The summed E-state index contributed by atoms with van der Waals surface area (Å²) >= 11 is 0.